The Labute approximate surface area is 292 Å². The van der Waals surface area contributed by atoms with Gasteiger partial charge in [-0.25, -0.2) is 9.79 Å². The van der Waals surface area contributed by atoms with Crippen LogP contribution in [0.5, 0.6) is 23.0 Å². The van der Waals surface area contributed by atoms with Gasteiger partial charge in [-0.15, -0.1) is 0 Å². The summed E-state index contributed by atoms with van der Waals surface area (Å²) in [5, 5.41) is 1.04. The predicted molar refractivity (Wildman–Crippen MR) is 186 cm³/mol. The molecule has 0 fully saturated rings. The monoisotopic (exact) mass is 794 g/mol. The van der Waals surface area contributed by atoms with E-state index >= 15 is 0 Å². The Morgan fingerprint density at radius 1 is 1.04 bits per heavy atom. The molecule has 0 saturated carbocycles. The van der Waals surface area contributed by atoms with E-state index in [1.165, 1.54) is 23.0 Å². The lowest BCUT2D eigenvalue weighted by molar-refractivity contribution is -0.139. The van der Waals surface area contributed by atoms with Crippen molar-refractivity contribution >= 4 is 69.2 Å². The summed E-state index contributed by atoms with van der Waals surface area (Å²) in [4.78, 5) is 32.6. The number of ether oxygens (including phenoxy) is 5. The molecule has 13 heteroatoms. The van der Waals surface area contributed by atoms with Crippen LogP contribution in [-0.4, -0.2) is 38.5 Å². The van der Waals surface area contributed by atoms with Crippen LogP contribution in [0.25, 0.3) is 6.08 Å². The zero-order chi connectivity index (χ0) is 33.1. The molecule has 1 aromatic heterocycles. The van der Waals surface area contributed by atoms with E-state index in [1.807, 2.05) is 12.1 Å². The zero-order valence-corrected chi connectivity index (χ0v) is 30.0. The number of aromatic nitrogens is 1. The lowest BCUT2D eigenvalue weighted by atomic mass is 9.94. The smallest absolute Gasteiger partial charge is 0.338 e. The van der Waals surface area contributed by atoms with Crippen molar-refractivity contribution in [1.29, 1.82) is 0 Å². The van der Waals surface area contributed by atoms with E-state index in [9.17, 15) is 9.59 Å². The van der Waals surface area contributed by atoms with E-state index in [0.29, 0.717) is 59.2 Å². The Kier molecular flexibility index (Phi) is 10.7. The highest BCUT2D eigenvalue weighted by Gasteiger charge is 2.35. The highest BCUT2D eigenvalue weighted by molar-refractivity contribution is 14.1. The third kappa shape index (κ3) is 6.78. The Hall–Kier alpha value is -3.52. The van der Waals surface area contributed by atoms with Crippen LogP contribution in [0.2, 0.25) is 10.0 Å². The minimum atomic E-state index is -0.868. The highest BCUT2D eigenvalue weighted by Crippen LogP contribution is 2.38. The van der Waals surface area contributed by atoms with Crippen molar-refractivity contribution in [1.82, 2.24) is 4.57 Å². The maximum atomic E-state index is 14.2. The number of hydrogen-bond donors (Lipinski definition) is 0. The van der Waals surface area contributed by atoms with Gasteiger partial charge in [0.1, 0.15) is 24.1 Å². The van der Waals surface area contributed by atoms with Gasteiger partial charge in [0.25, 0.3) is 5.56 Å². The second kappa shape index (κ2) is 14.5. The Balaban J connectivity index is 1.61. The van der Waals surface area contributed by atoms with Gasteiger partial charge < -0.3 is 23.7 Å². The van der Waals surface area contributed by atoms with Crippen LogP contribution < -0.4 is 33.8 Å². The molecule has 0 saturated heterocycles. The van der Waals surface area contributed by atoms with Crippen molar-refractivity contribution in [2.24, 2.45) is 4.99 Å². The van der Waals surface area contributed by atoms with Crippen LogP contribution in [0.15, 0.2) is 69.6 Å². The third-order valence-electron chi connectivity index (χ3n) is 7.19. The second-order valence-electron chi connectivity index (χ2n) is 9.97. The van der Waals surface area contributed by atoms with Crippen LogP contribution >= 0.6 is 57.1 Å². The first-order valence-corrected chi connectivity index (χ1v) is 16.6. The fourth-order valence-corrected chi connectivity index (χ4v) is 7.33. The zero-order valence-electron chi connectivity index (χ0n) is 25.5. The first-order valence-electron chi connectivity index (χ1n) is 14.0. The summed E-state index contributed by atoms with van der Waals surface area (Å²) in [6, 6.07) is 13.3. The lowest BCUT2D eigenvalue weighted by Crippen LogP contribution is -2.40. The molecule has 3 aromatic carbocycles. The highest BCUT2D eigenvalue weighted by atomic mass is 127. The van der Waals surface area contributed by atoms with E-state index in [4.69, 9.17) is 46.9 Å². The lowest BCUT2D eigenvalue weighted by Gasteiger charge is -2.26. The molecular weight excluding hydrogens is 766 g/mol. The maximum Gasteiger partial charge on any atom is 0.338 e. The molecule has 0 aliphatic carbocycles. The number of nitrogens with zero attached hydrogens (tertiary/aromatic N) is 2. The van der Waals surface area contributed by atoms with Gasteiger partial charge in [0, 0.05) is 21.2 Å². The molecule has 1 atom stereocenters. The third-order valence-corrected chi connectivity index (χ3v) is 9.56. The van der Waals surface area contributed by atoms with Crippen LogP contribution in [0, 0.1) is 3.57 Å². The molecule has 1 aliphatic heterocycles. The minimum absolute atomic E-state index is 0.162. The van der Waals surface area contributed by atoms with Crippen LogP contribution in [0.1, 0.15) is 36.6 Å². The van der Waals surface area contributed by atoms with Crippen LogP contribution in [0.3, 0.4) is 0 Å². The van der Waals surface area contributed by atoms with E-state index in [0.717, 1.165) is 9.13 Å². The molecule has 0 amide bonds. The molecule has 0 N–H and O–H groups in total. The number of hydrogen-bond acceptors (Lipinski definition) is 9. The summed E-state index contributed by atoms with van der Waals surface area (Å²) in [6.07, 6.45) is 1.76. The number of fused-ring (bicyclic) bond motifs is 1. The van der Waals surface area contributed by atoms with Gasteiger partial charge in [-0.2, -0.15) is 0 Å². The summed E-state index contributed by atoms with van der Waals surface area (Å²) in [7, 11) is 4.62. The number of carbonyl (C=O) groups excluding carboxylic acids is 1. The largest absolute Gasteiger partial charge is 0.497 e. The second-order valence-corrected chi connectivity index (χ2v) is 13.0. The normalized spacial score (nSPS) is 14.4. The van der Waals surface area contributed by atoms with Crippen LogP contribution in [-0.2, 0) is 16.1 Å². The summed E-state index contributed by atoms with van der Waals surface area (Å²) < 4.78 is 31.0. The van der Waals surface area contributed by atoms with Crippen molar-refractivity contribution in [3.8, 4) is 23.0 Å². The van der Waals surface area contributed by atoms with Gasteiger partial charge in [-0.3, -0.25) is 9.36 Å². The molecule has 5 rings (SSSR count). The molecule has 4 aromatic rings. The van der Waals surface area contributed by atoms with Crippen LogP contribution in [0.4, 0.5) is 0 Å². The molecule has 0 unspecified atom stereocenters. The van der Waals surface area contributed by atoms with Crippen molar-refractivity contribution in [3.05, 3.63) is 110 Å². The molecule has 0 spiro atoms. The summed E-state index contributed by atoms with van der Waals surface area (Å²) in [5.41, 5.74) is 2.39. The molecule has 46 heavy (non-hydrogen) atoms. The predicted octanol–water partition coefficient (Wildman–Crippen LogP) is 6.31. The molecule has 2 heterocycles. The van der Waals surface area contributed by atoms with E-state index in [1.54, 1.807) is 70.5 Å². The quantitative estimate of drug-likeness (QED) is 0.137. The first-order chi connectivity index (χ1) is 22.1. The van der Waals surface area contributed by atoms with Gasteiger partial charge in [0.2, 0.25) is 0 Å². The minimum Gasteiger partial charge on any atom is -0.497 e. The number of allylic oxidation sites excluding steroid dienone is 1. The molecule has 240 valence electrons. The average molecular weight is 795 g/mol. The topological polar surface area (TPSA) is 97.6 Å². The van der Waals surface area contributed by atoms with Crippen molar-refractivity contribution in [2.75, 3.05) is 27.9 Å². The molecule has 1 aliphatic rings. The van der Waals surface area contributed by atoms with E-state index in [-0.39, 0.29) is 24.3 Å². The van der Waals surface area contributed by atoms with Crippen molar-refractivity contribution in [2.45, 2.75) is 26.5 Å². The summed E-state index contributed by atoms with van der Waals surface area (Å²) >= 11 is 15.7. The average Bonchev–Trinajstić information content (AvgIpc) is 3.33. The standard InChI is InChI=1S/C33H29Cl2IN2O7S/c1-6-44-32(40)28-17(2)37-33-38(29(28)22-15-21(41-3)9-10-25(22)42-4)31(39)27(46-33)13-18-11-24(36)30(26(12-18)43-5)45-16-19-7-8-20(34)14-23(19)35/h7-15,29H,6,16H2,1-5H3/b27-13+/t29-/m0/s1. The number of benzene rings is 3. The Morgan fingerprint density at radius 3 is 2.48 bits per heavy atom. The van der Waals surface area contributed by atoms with E-state index < -0.39 is 12.0 Å². The number of rotatable bonds is 10. The molecule has 9 nitrogen and oxygen atoms in total. The fourth-order valence-electron chi connectivity index (χ4n) is 5.04. The SMILES string of the molecule is CCOC(=O)C1=C(C)N=c2s/c(=C/c3cc(I)c(OCc4ccc(Cl)cc4Cl)c(OC)c3)c(=O)n2[C@H]1c1cc(OC)ccc1OC. The van der Waals surface area contributed by atoms with Gasteiger partial charge in [0.15, 0.2) is 16.3 Å². The fraction of sp³-hybridized carbons (Fsp3) is 0.242. The summed E-state index contributed by atoms with van der Waals surface area (Å²) in [5.74, 6) is 1.47. The molecular formula is C33H29Cl2IN2O7S. The number of carbonyl (C=O) groups is 1. The van der Waals surface area contributed by atoms with Gasteiger partial charge >= 0.3 is 5.97 Å². The number of esters is 1. The molecule has 0 bridgehead atoms. The number of thiazole rings is 1. The van der Waals surface area contributed by atoms with E-state index in [2.05, 4.69) is 27.6 Å². The molecule has 0 radical (unpaired) electrons. The van der Waals surface area contributed by atoms with Crippen molar-refractivity contribution < 1.29 is 28.5 Å². The first kappa shape index (κ1) is 33.8. The maximum absolute atomic E-state index is 14.2. The van der Waals surface area contributed by atoms with Gasteiger partial charge in [-0.1, -0.05) is 40.6 Å². The Morgan fingerprint density at radius 2 is 1.80 bits per heavy atom. The number of halogens is 3. The number of methoxy groups -OCH3 is 3. The summed E-state index contributed by atoms with van der Waals surface area (Å²) in [6.45, 7) is 3.82. The Bertz CT molecular complexity index is 2040. The van der Waals surface area contributed by atoms with Gasteiger partial charge in [-0.05, 0) is 90.5 Å². The van der Waals surface area contributed by atoms with Gasteiger partial charge in [0.05, 0.1) is 47.3 Å². The van der Waals surface area contributed by atoms with Crippen molar-refractivity contribution in [3.63, 3.8) is 0 Å².